The molecule has 0 bridgehead atoms. The van der Waals surface area contributed by atoms with Crippen molar-refractivity contribution >= 4 is 11.9 Å². The van der Waals surface area contributed by atoms with Gasteiger partial charge in [-0.05, 0) is 42.0 Å². The van der Waals surface area contributed by atoms with Crippen molar-refractivity contribution in [2.45, 2.75) is 6.61 Å². The predicted octanol–water partition coefficient (Wildman–Crippen LogP) is 3.86. The van der Waals surface area contributed by atoms with Crippen LogP contribution < -0.4 is 4.74 Å². The lowest BCUT2D eigenvalue weighted by molar-refractivity contribution is 0.0472. The zero-order valence-corrected chi connectivity index (χ0v) is 12.7. The third-order valence-corrected chi connectivity index (χ3v) is 3.24. The van der Waals surface area contributed by atoms with Crippen molar-refractivity contribution in [3.63, 3.8) is 0 Å². The van der Waals surface area contributed by atoms with Crippen LogP contribution in [0, 0.1) is 0 Å². The summed E-state index contributed by atoms with van der Waals surface area (Å²) >= 11 is 0. The van der Waals surface area contributed by atoms with Crippen LogP contribution in [0.4, 0.5) is 0 Å². The van der Waals surface area contributed by atoms with Gasteiger partial charge < -0.3 is 13.9 Å². The second-order valence-corrected chi connectivity index (χ2v) is 4.95. The molecule has 0 saturated heterocycles. The second kappa shape index (κ2) is 7.28. The summed E-state index contributed by atoms with van der Waals surface area (Å²) in [4.78, 5) is 23.7. The minimum absolute atomic E-state index is 0.112. The van der Waals surface area contributed by atoms with E-state index in [1.54, 1.807) is 6.07 Å². The van der Waals surface area contributed by atoms with Gasteiger partial charge in [0.05, 0.1) is 11.8 Å². The lowest BCUT2D eigenvalue weighted by Gasteiger charge is -2.06. The molecule has 0 radical (unpaired) electrons. The number of benzene rings is 2. The van der Waals surface area contributed by atoms with Crippen molar-refractivity contribution in [3.8, 4) is 5.75 Å². The zero-order valence-electron chi connectivity index (χ0n) is 12.7. The van der Waals surface area contributed by atoms with Crippen molar-refractivity contribution in [3.05, 3.63) is 89.9 Å². The molecule has 2 aromatic carbocycles. The van der Waals surface area contributed by atoms with E-state index >= 15 is 0 Å². The van der Waals surface area contributed by atoms with Gasteiger partial charge in [-0.15, -0.1) is 0 Å². The first-order valence-electron chi connectivity index (χ1n) is 7.29. The molecule has 0 fully saturated rings. The molecule has 0 aliphatic rings. The predicted molar refractivity (Wildman–Crippen MR) is 85.7 cm³/mol. The SMILES string of the molecule is O=C(OCc1ccccc1)c1ccc(OC(=O)c2ccco2)cc1. The van der Waals surface area contributed by atoms with E-state index in [1.807, 2.05) is 30.3 Å². The zero-order chi connectivity index (χ0) is 16.8. The Kier molecular flexibility index (Phi) is 4.72. The van der Waals surface area contributed by atoms with Crippen molar-refractivity contribution < 1.29 is 23.5 Å². The number of furan rings is 1. The monoisotopic (exact) mass is 322 g/mol. The summed E-state index contributed by atoms with van der Waals surface area (Å²) in [5.41, 5.74) is 1.29. The molecule has 24 heavy (non-hydrogen) atoms. The number of hydrogen-bond acceptors (Lipinski definition) is 5. The fourth-order valence-electron chi connectivity index (χ4n) is 2.02. The molecule has 1 aromatic heterocycles. The molecule has 0 aliphatic heterocycles. The summed E-state index contributed by atoms with van der Waals surface area (Å²) in [5.74, 6) is -0.612. The Balaban J connectivity index is 1.57. The van der Waals surface area contributed by atoms with Gasteiger partial charge in [-0.25, -0.2) is 9.59 Å². The van der Waals surface area contributed by atoms with Gasteiger partial charge in [-0.2, -0.15) is 0 Å². The maximum absolute atomic E-state index is 12.0. The molecule has 0 N–H and O–H groups in total. The van der Waals surface area contributed by atoms with E-state index in [-0.39, 0.29) is 12.4 Å². The highest BCUT2D eigenvalue weighted by Gasteiger charge is 2.12. The van der Waals surface area contributed by atoms with Gasteiger partial charge in [-0.3, -0.25) is 0 Å². The molecule has 0 saturated carbocycles. The summed E-state index contributed by atoms with van der Waals surface area (Å²) in [6.07, 6.45) is 1.39. The molecular formula is C19H14O5. The van der Waals surface area contributed by atoms with E-state index in [2.05, 4.69) is 0 Å². The second-order valence-electron chi connectivity index (χ2n) is 4.95. The van der Waals surface area contributed by atoms with Gasteiger partial charge >= 0.3 is 11.9 Å². The molecule has 0 atom stereocenters. The first-order valence-corrected chi connectivity index (χ1v) is 7.29. The number of carbonyl (C=O) groups is 2. The Morgan fingerprint density at radius 1 is 0.833 bits per heavy atom. The number of esters is 2. The largest absolute Gasteiger partial charge is 0.457 e. The molecule has 0 spiro atoms. The van der Waals surface area contributed by atoms with E-state index in [0.717, 1.165) is 5.56 Å². The normalized spacial score (nSPS) is 10.2. The average molecular weight is 322 g/mol. The first kappa shape index (κ1) is 15.6. The summed E-state index contributed by atoms with van der Waals surface area (Å²) in [6.45, 7) is 0.203. The standard InChI is InChI=1S/C19H14O5/c20-18(23-13-14-5-2-1-3-6-14)15-8-10-16(11-9-15)24-19(21)17-7-4-12-22-17/h1-12H,13H2. The highest BCUT2D eigenvalue weighted by Crippen LogP contribution is 2.15. The number of ether oxygens (including phenoxy) is 2. The molecule has 5 nitrogen and oxygen atoms in total. The number of carbonyl (C=O) groups excluding carboxylic acids is 2. The van der Waals surface area contributed by atoms with E-state index in [1.165, 1.54) is 36.6 Å². The topological polar surface area (TPSA) is 65.7 Å². The highest BCUT2D eigenvalue weighted by atomic mass is 16.5. The van der Waals surface area contributed by atoms with Crippen LogP contribution in [-0.2, 0) is 11.3 Å². The van der Waals surface area contributed by atoms with Gasteiger partial charge in [0.15, 0.2) is 0 Å². The van der Waals surface area contributed by atoms with E-state index in [0.29, 0.717) is 11.3 Å². The van der Waals surface area contributed by atoms with Crippen LogP contribution in [0.5, 0.6) is 5.75 Å². The molecule has 0 amide bonds. The quantitative estimate of drug-likeness (QED) is 0.527. The van der Waals surface area contributed by atoms with Crippen LogP contribution in [0.25, 0.3) is 0 Å². The highest BCUT2D eigenvalue weighted by molar-refractivity contribution is 5.90. The Hall–Kier alpha value is -3.34. The Morgan fingerprint density at radius 3 is 2.25 bits per heavy atom. The molecule has 120 valence electrons. The van der Waals surface area contributed by atoms with Crippen molar-refractivity contribution in [2.24, 2.45) is 0 Å². The lowest BCUT2D eigenvalue weighted by atomic mass is 10.2. The molecule has 5 heteroatoms. The fourth-order valence-corrected chi connectivity index (χ4v) is 2.02. The van der Waals surface area contributed by atoms with Crippen LogP contribution in [0.3, 0.4) is 0 Å². The molecular weight excluding hydrogens is 308 g/mol. The van der Waals surface area contributed by atoms with Crippen LogP contribution >= 0.6 is 0 Å². The maximum Gasteiger partial charge on any atom is 0.379 e. The maximum atomic E-state index is 12.0. The van der Waals surface area contributed by atoms with Crippen LogP contribution in [0.2, 0.25) is 0 Å². The molecule has 0 unspecified atom stereocenters. The van der Waals surface area contributed by atoms with Crippen molar-refractivity contribution in [1.82, 2.24) is 0 Å². The third-order valence-electron chi connectivity index (χ3n) is 3.24. The Labute approximate surface area is 138 Å². The summed E-state index contributed by atoms with van der Waals surface area (Å²) in [6, 6.07) is 18.7. The fraction of sp³-hybridized carbons (Fsp3) is 0.0526. The van der Waals surface area contributed by atoms with E-state index in [4.69, 9.17) is 13.9 Å². The minimum atomic E-state index is -0.598. The smallest absolute Gasteiger partial charge is 0.379 e. The lowest BCUT2D eigenvalue weighted by Crippen LogP contribution is -2.08. The van der Waals surface area contributed by atoms with Gasteiger partial charge in [0.2, 0.25) is 5.76 Å². The Bertz CT molecular complexity index is 805. The van der Waals surface area contributed by atoms with Crippen molar-refractivity contribution in [1.29, 1.82) is 0 Å². The summed E-state index contributed by atoms with van der Waals surface area (Å²) in [5, 5.41) is 0. The number of hydrogen-bond donors (Lipinski definition) is 0. The molecule has 0 aliphatic carbocycles. The van der Waals surface area contributed by atoms with E-state index in [9.17, 15) is 9.59 Å². The van der Waals surface area contributed by atoms with Gasteiger partial charge in [-0.1, -0.05) is 30.3 Å². The molecule has 3 rings (SSSR count). The van der Waals surface area contributed by atoms with Gasteiger partial charge in [0.25, 0.3) is 0 Å². The van der Waals surface area contributed by atoms with Crippen molar-refractivity contribution in [2.75, 3.05) is 0 Å². The van der Waals surface area contributed by atoms with Crippen LogP contribution in [0.15, 0.2) is 77.4 Å². The third kappa shape index (κ3) is 3.89. The summed E-state index contributed by atoms with van der Waals surface area (Å²) in [7, 11) is 0. The number of rotatable bonds is 5. The van der Waals surface area contributed by atoms with Gasteiger partial charge in [0, 0.05) is 0 Å². The minimum Gasteiger partial charge on any atom is -0.457 e. The molecule has 3 aromatic rings. The van der Waals surface area contributed by atoms with E-state index < -0.39 is 11.9 Å². The first-order chi connectivity index (χ1) is 11.7. The van der Waals surface area contributed by atoms with Crippen LogP contribution in [-0.4, -0.2) is 11.9 Å². The van der Waals surface area contributed by atoms with Crippen LogP contribution in [0.1, 0.15) is 26.5 Å². The Morgan fingerprint density at radius 2 is 1.58 bits per heavy atom. The average Bonchev–Trinajstić information content (AvgIpc) is 3.16. The molecule has 1 heterocycles. The summed E-state index contributed by atoms with van der Waals surface area (Å²) < 4.78 is 15.3. The van der Waals surface area contributed by atoms with Gasteiger partial charge in [0.1, 0.15) is 12.4 Å².